The van der Waals surface area contributed by atoms with Crippen molar-refractivity contribution < 1.29 is 13.2 Å². The van der Waals surface area contributed by atoms with Crippen molar-refractivity contribution in [2.24, 2.45) is 0 Å². The molecule has 0 radical (unpaired) electrons. The van der Waals surface area contributed by atoms with E-state index in [2.05, 4.69) is 0 Å². The molecule has 5 heteroatoms. The fourth-order valence-corrected chi connectivity index (χ4v) is 2.66. The number of rotatable bonds is 6. The molecule has 0 fully saturated rings. The molecule has 0 N–H and O–H groups in total. The Morgan fingerprint density at radius 1 is 1.18 bits per heavy atom. The van der Waals surface area contributed by atoms with Gasteiger partial charge >= 0.3 is 0 Å². The van der Waals surface area contributed by atoms with Crippen LogP contribution in [0.15, 0.2) is 23.1 Å². The van der Waals surface area contributed by atoms with Crippen molar-refractivity contribution in [2.45, 2.75) is 18.7 Å². The maximum Gasteiger partial charge on any atom is 0.180 e. The Bertz CT molecular complexity index is 469. The molecule has 0 unspecified atom stereocenters. The zero-order valence-electron chi connectivity index (χ0n) is 10.1. The summed E-state index contributed by atoms with van der Waals surface area (Å²) in [5, 5.41) is 0. The van der Waals surface area contributed by atoms with Gasteiger partial charge in [0.25, 0.3) is 0 Å². The van der Waals surface area contributed by atoms with Crippen LogP contribution < -0.4 is 0 Å². The predicted molar refractivity (Wildman–Crippen MR) is 69.5 cm³/mol. The van der Waals surface area contributed by atoms with Gasteiger partial charge in [-0.05, 0) is 37.1 Å². The quantitative estimate of drug-likeness (QED) is 0.592. The summed E-state index contributed by atoms with van der Waals surface area (Å²) in [5.74, 6) is 0.371. The van der Waals surface area contributed by atoms with Crippen LogP contribution in [0.3, 0.4) is 0 Å². The molecule has 0 aliphatic rings. The highest BCUT2D eigenvalue weighted by molar-refractivity contribution is 7.91. The fraction of sp³-hybridized carbons (Fsp3) is 0.500. The van der Waals surface area contributed by atoms with Crippen LogP contribution in [0.5, 0.6) is 0 Å². The van der Waals surface area contributed by atoms with Gasteiger partial charge < -0.3 is 4.74 Å². The minimum Gasteiger partial charge on any atom is -0.379 e. The zero-order valence-corrected chi connectivity index (χ0v) is 11.6. The molecule has 0 heterocycles. The van der Waals surface area contributed by atoms with Crippen LogP contribution in [0.25, 0.3) is 0 Å². The molecule has 0 saturated heterocycles. The maximum atomic E-state index is 11.9. The predicted octanol–water partition coefficient (Wildman–Crippen LogP) is 2.33. The molecule has 0 amide bonds. The molecule has 0 aliphatic heterocycles. The first-order chi connectivity index (χ1) is 7.97. The average molecular weight is 277 g/mol. The summed E-state index contributed by atoms with van der Waals surface area (Å²) in [4.78, 5) is 0.357. The van der Waals surface area contributed by atoms with Gasteiger partial charge in [0.05, 0.1) is 23.9 Å². The first-order valence-electron chi connectivity index (χ1n) is 5.41. The Labute approximate surface area is 108 Å². The van der Waals surface area contributed by atoms with E-state index in [1.807, 2.05) is 19.9 Å². The van der Waals surface area contributed by atoms with Gasteiger partial charge in [-0.2, -0.15) is 0 Å². The molecule has 1 aromatic carbocycles. The second-order valence-corrected chi connectivity index (χ2v) is 6.35. The van der Waals surface area contributed by atoms with Crippen LogP contribution >= 0.6 is 11.6 Å². The van der Waals surface area contributed by atoms with E-state index in [0.717, 1.165) is 11.1 Å². The van der Waals surface area contributed by atoms with E-state index in [0.29, 0.717) is 17.4 Å². The molecule has 0 saturated carbocycles. The van der Waals surface area contributed by atoms with Gasteiger partial charge in [-0.1, -0.05) is 6.07 Å². The van der Waals surface area contributed by atoms with Crippen LogP contribution in [0.2, 0.25) is 0 Å². The summed E-state index contributed by atoms with van der Waals surface area (Å²) in [6, 6.07) is 5.16. The molecule has 0 spiro atoms. The number of aryl methyl sites for hydroxylation is 2. The Balaban J connectivity index is 2.72. The van der Waals surface area contributed by atoms with Gasteiger partial charge in [0.15, 0.2) is 9.84 Å². The van der Waals surface area contributed by atoms with Crippen molar-refractivity contribution in [3.63, 3.8) is 0 Å². The van der Waals surface area contributed by atoms with E-state index >= 15 is 0 Å². The summed E-state index contributed by atoms with van der Waals surface area (Å²) in [7, 11) is -3.25. The monoisotopic (exact) mass is 276 g/mol. The number of alkyl halides is 1. The molecular formula is C12H17ClO3S. The third-order valence-corrected chi connectivity index (χ3v) is 4.39. The standard InChI is InChI=1S/C12H17ClO3S/c1-10-3-4-12(9-11(10)2)17(14,15)8-7-16-6-5-13/h3-4,9H,5-8H2,1-2H3. The number of ether oxygens (including phenoxy) is 1. The molecule has 0 aromatic heterocycles. The van der Waals surface area contributed by atoms with E-state index in [4.69, 9.17) is 16.3 Å². The topological polar surface area (TPSA) is 43.4 Å². The second kappa shape index (κ2) is 6.38. The zero-order chi connectivity index (χ0) is 12.9. The second-order valence-electron chi connectivity index (χ2n) is 3.87. The summed E-state index contributed by atoms with van der Waals surface area (Å²) >= 11 is 5.43. The fourth-order valence-electron chi connectivity index (χ4n) is 1.35. The first kappa shape index (κ1) is 14.5. The van der Waals surface area contributed by atoms with Crippen molar-refractivity contribution in [2.75, 3.05) is 24.8 Å². The third-order valence-electron chi connectivity index (χ3n) is 2.56. The highest BCUT2D eigenvalue weighted by Gasteiger charge is 2.14. The Kier molecular flexibility index (Phi) is 5.43. The van der Waals surface area contributed by atoms with Gasteiger partial charge in [0.2, 0.25) is 0 Å². The molecule has 0 atom stereocenters. The molecule has 1 aromatic rings. The Hall–Kier alpha value is -0.580. The lowest BCUT2D eigenvalue weighted by Crippen LogP contribution is -2.13. The highest BCUT2D eigenvalue weighted by Crippen LogP contribution is 2.16. The van der Waals surface area contributed by atoms with Gasteiger partial charge in [-0.3, -0.25) is 0 Å². The molecule has 3 nitrogen and oxygen atoms in total. The van der Waals surface area contributed by atoms with Crippen LogP contribution in [0.1, 0.15) is 11.1 Å². The first-order valence-corrected chi connectivity index (χ1v) is 7.60. The minimum absolute atomic E-state index is 0.00755. The number of sulfone groups is 1. The Morgan fingerprint density at radius 2 is 1.88 bits per heavy atom. The van der Waals surface area contributed by atoms with Gasteiger partial charge in [0, 0.05) is 5.88 Å². The average Bonchev–Trinajstić information content (AvgIpc) is 2.28. The van der Waals surface area contributed by atoms with E-state index in [1.54, 1.807) is 12.1 Å². The summed E-state index contributed by atoms with van der Waals surface area (Å²) in [6.07, 6.45) is 0. The summed E-state index contributed by atoms with van der Waals surface area (Å²) < 4.78 is 29.0. The van der Waals surface area contributed by atoms with Crippen LogP contribution in [0.4, 0.5) is 0 Å². The number of halogens is 1. The SMILES string of the molecule is Cc1ccc(S(=O)(=O)CCOCCCl)cc1C. The van der Waals surface area contributed by atoms with Crippen molar-refractivity contribution in [3.05, 3.63) is 29.3 Å². The largest absolute Gasteiger partial charge is 0.379 e. The van der Waals surface area contributed by atoms with Crippen molar-refractivity contribution in [3.8, 4) is 0 Å². The van der Waals surface area contributed by atoms with Crippen LogP contribution in [0, 0.1) is 13.8 Å². The maximum absolute atomic E-state index is 11.9. The lowest BCUT2D eigenvalue weighted by Gasteiger charge is -2.07. The smallest absolute Gasteiger partial charge is 0.180 e. The van der Waals surface area contributed by atoms with Gasteiger partial charge in [-0.25, -0.2) is 8.42 Å². The minimum atomic E-state index is -3.25. The summed E-state index contributed by atoms with van der Waals surface area (Å²) in [5.41, 5.74) is 2.06. The lowest BCUT2D eigenvalue weighted by atomic mass is 10.1. The number of hydrogen-bond acceptors (Lipinski definition) is 3. The Morgan fingerprint density at radius 3 is 2.47 bits per heavy atom. The van der Waals surface area contributed by atoms with Crippen LogP contribution in [-0.2, 0) is 14.6 Å². The molecule has 96 valence electrons. The van der Waals surface area contributed by atoms with Gasteiger partial charge in [-0.15, -0.1) is 11.6 Å². The van der Waals surface area contributed by atoms with Crippen molar-refractivity contribution in [1.82, 2.24) is 0 Å². The third kappa shape index (κ3) is 4.30. The van der Waals surface area contributed by atoms with E-state index < -0.39 is 9.84 Å². The molecule has 0 bridgehead atoms. The van der Waals surface area contributed by atoms with E-state index in [-0.39, 0.29) is 12.4 Å². The van der Waals surface area contributed by atoms with Crippen LogP contribution in [-0.4, -0.2) is 33.3 Å². The van der Waals surface area contributed by atoms with Crippen molar-refractivity contribution >= 4 is 21.4 Å². The molecular weight excluding hydrogens is 260 g/mol. The van der Waals surface area contributed by atoms with E-state index in [1.165, 1.54) is 0 Å². The van der Waals surface area contributed by atoms with E-state index in [9.17, 15) is 8.42 Å². The number of benzene rings is 1. The van der Waals surface area contributed by atoms with Crippen molar-refractivity contribution in [1.29, 1.82) is 0 Å². The normalized spacial score (nSPS) is 11.7. The molecule has 17 heavy (non-hydrogen) atoms. The highest BCUT2D eigenvalue weighted by atomic mass is 35.5. The summed E-state index contributed by atoms with van der Waals surface area (Å²) in [6.45, 7) is 4.42. The molecule has 1 rings (SSSR count). The lowest BCUT2D eigenvalue weighted by molar-refractivity contribution is 0.165. The van der Waals surface area contributed by atoms with Gasteiger partial charge in [0.1, 0.15) is 0 Å². The molecule has 0 aliphatic carbocycles. The number of hydrogen-bond donors (Lipinski definition) is 0.